The van der Waals surface area contributed by atoms with E-state index < -0.39 is 0 Å². The number of hydrogen-bond donors (Lipinski definition) is 0. The second-order valence-corrected chi connectivity index (χ2v) is 6.10. The standard InChI is InChI=1S/C21H15ClN2O2/c1-25-16-9-10-19-17(12-16)18(24-21-4-2-3-11-23-21)13-20(26-19)14-5-7-15(22)8-6-14/h2-13H,1H3. The first-order valence-corrected chi connectivity index (χ1v) is 8.44. The fourth-order valence-electron chi connectivity index (χ4n) is 2.67. The van der Waals surface area contributed by atoms with Crippen molar-refractivity contribution in [2.24, 2.45) is 4.99 Å². The Kier molecular flexibility index (Phi) is 4.42. The molecule has 0 unspecified atom stereocenters. The Morgan fingerprint density at radius 1 is 1.00 bits per heavy atom. The molecule has 0 aliphatic rings. The Bertz CT molecular complexity index is 1120. The zero-order chi connectivity index (χ0) is 17.9. The molecule has 2 aromatic heterocycles. The molecular formula is C21H15ClN2O2. The van der Waals surface area contributed by atoms with Gasteiger partial charge in [-0.25, -0.2) is 9.98 Å². The van der Waals surface area contributed by atoms with Gasteiger partial charge in [-0.15, -0.1) is 0 Å². The number of nitrogens with zero attached hydrogens (tertiary/aromatic N) is 2. The lowest BCUT2D eigenvalue weighted by Gasteiger charge is -2.07. The summed E-state index contributed by atoms with van der Waals surface area (Å²) in [6.45, 7) is 0. The molecule has 128 valence electrons. The van der Waals surface area contributed by atoms with Crippen LogP contribution in [0.5, 0.6) is 5.75 Å². The lowest BCUT2D eigenvalue weighted by molar-refractivity contribution is 0.415. The van der Waals surface area contributed by atoms with Crippen LogP contribution in [0.1, 0.15) is 0 Å². The number of rotatable bonds is 3. The molecule has 2 heterocycles. The van der Waals surface area contributed by atoms with Crippen molar-refractivity contribution >= 4 is 28.4 Å². The third kappa shape index (κ3) is 3.32. The normalized spacial score (nSPS) is 11.7. The van der Waals surface area contributed by atoms with E-state index in [2.05, 4.69) is 4.98 Å². The van der Waals surface area contributed by atoms with Gasteiger partial charge >= 0.3 is 0 Å². The maximum Gasteiger partial charge on any atom is 0.152 e. The lowest BCUT2D eigenvalue weighted by Crippen LogP contribution is -2.04. The topological polar surface area (TPSA) is 47.6 Å². The molecule has 4 aromatic rings. The minimum Gasteiger partial charge on any atom is -0.497 e. The highest BCUT2D eigenvalue weighted by Crippen LogP contribution is 2.26. The summed E-state index contributed by atoms with van der Waals surface area (Å²) >= 11 is 5.99. The van der Waals surface area contributed by atoms with E-state index in [-0.39, 0.29) is 0 Å². The van der Waals surface area contributed by atoms with E-state index in [1.807, 2.05) is 66.7 Å². The Balaban J connectivity index is 1.99. The second kappa shape index (κ2) is 7.02. The van der Waals surface area contributed by atoms with Crippen LogP contribution >= 0.6 is 11.6 Å². The first kappa shape index (κ1) is 16.4. The number of fused-ring (bicyclic) bond motifs is 1. The van der Waals surface area contributed by atoms with Gasteiger partial charge in [-0.1, -0.05) is 17.7 Å². The maximum absolute atomic E-state index is 6.09. The molecule has 4 rings (SSSR count). The first-order chi connectivity index (χ1) is 12.7. The average molecular weight is 363 g/mol. The molecular weight excluding hydrogens is 348 g/mol. The van der Waals surface area contributed by atoms with Crippen molar-refractivity contribution in [1.29, 1.82) is 0 Å². The summed E-state index contributed by atoms with van der Waals surface area (Å²) in [5.41, 5.74) is 1.64. The van der Waals surface area contributed by atoms with Crippen molar-refractivity contribution in [2.75, 3.05) is 7.11 Å². The number of benzene rings is 2. The van der Waals surface area contributed by atoms with E-state index in [1.54, 1.807) is 13.3 Å². The van der Waals surface area contributed by atoms with Gasteiger partial charge in [0.05, 0.1) is 12.5 Å². The number of ether oxygens (including phenoxy) is 1. The molecule has 0 saturated heterocycles. The van der Waals surface area contributed by atoms with Gasteiger partial charge in [-0.3, -0.25) is 0 Å². The molecule has 0 saturated carbocycles. The van der Waals surface area contributed by atoms with Crippen molar-refractivity contribution in [1.82, 2.24) is 4.98 Å². The second-order valence-electron chi connectivity index (χ2n) is 5.66. The van der Waals surface area contributed by atoms with E-state index in [1.165, 1.54) is 0 Å². The highest BCUT2D eigenvalue weighted by molar-refractivity contribution is 6.30. The molecule has 0 radical (unpaired) electrons. The van der Waals surface area contributed by atoms with Crippen molar-refractivity contribution < 1.29 is 9.15 Å². The quantitative estimate of drug-likeness (QED) is 0.491. The Hall–Kier alpha value is -3.11. The summed E-state index contributed by atoms with van der Waals surface area (Å²) in [5, 5.41) is 2.29. The molecule has 0 atom stereocenters. The first-order valence-electron chi connectivity index (χ1n) is 8.06. The molecule has 0 N–H and O–H groups in total. The van der Waals surface area contributed by atoms with E-state index in [9.17, 15) is 0 Å². The van der Waals surface area contributed by atoms with Gasteiger partial charge in [0.25, 0.3) is 0 Å². The van der Waals surface area contributed by atoms with Crippen LogP contribution in [0.15, 0.2) is 82.3 Å². The van der Waals surface area contributed by atoms with Gasteiger partial charge in [-0.2, -0.15) is 0 Å². The van der Waals surface area contributed by atoms with Crippen LogP contribution in [-0.2, 0) is 0 Å². The highest BCUT2D eigenvalue weighted by Gasteiger charge is 2.08. The minimum atomic E-state index is 0.630. The van der Waals surface area contributed by atoms with E-state index >= 15 is 0 Å². The molecule has 2 aromatic carbocycles. The molecule has 0 amide bonds. The third-order valence-corrected chi connectivity index (χ3v) is 4.22. The maximum atomic E-state index is 6.09. The third-order valence-electron chi connectivity index (χ3n) is 3.96. The van der Waals surface area contributed by atoms with E-state index in [0.717, 1.165) is 22.1 Å². The number of pyridine rings is 1. The fraction of sp³-hybridized carbons (Fsp3) is 0.0476. The molecule has 26 heavy (non-hydrogen) atoms. The Labute approximate surface area is 155 Å². The average Bonchev–Trinajstić information content (AvgIpc) is 2.69. The van der Waals surface area contributed by atoms with Crippen LogP contribution in [-0.4, -0.2) is 12.1 Å². The lowest BCUT2D eigenvalue weighted by atomic mass is 10.1. The molecule has 0 fully saturated rings. The van der Waals surface area contributed by atoms with Gasteiger partial charge < -0.3 is 9.15 Å². The summed E-state index contributed by atoms with van der Waals surface area (Å²) in [4.78, 5) is 8.99. The summed E-state index contributed by atoms with van der Waals surface area (Å²) in [6, 6.07) is 20.7. The predicted octanol–water partition coefficient (Wildman–Crippen LogP) is 5.39. The molecule has 0 aliphatic heterocycles. The zero-order valence-corrected chi connectivity index (χ0v) is 14.8. The van der Waals surface area contributed by atoms with Gasteiger partial charge in [0.1, 0.15) is 17.1 Å². The number of aromatic nitrogens is 1. The van der Waals surface area contributed by atoms with Crippen LogP contribution in [0.3, 0.4) is 0 Å². The van der Waals surface area contributed by atoms with E-state index in [0.29, 0.717) is 22.2 Å². The largest absolute Gasteiger partial charge is 0.497 e. The van der Waals surface area contributed by atoms with Crippen LogP contribution in [0.4, 0.5) is 5.82 Å². The monoisotopic (exact) mass is 362 g/mol. The van der Waals surface area contributed by atoms with Gasteiger partial charge in [0.15, 0.2) is 5.82 Å². The summed E-state index contributed by atoms with van der Waals surface area (Å²) in [5.74, 6) is 2.07. The molecule has 0 aliphatic carbocycles. The van der Waals surface area contributed by atoms with Gasteiger partial charge in [-0.05, 0) is 54.6 Å². The number of methoxy groups -OCH3 is 1. The minimum absolute atomic E-state index is 0.630. The van der Waals surface area contributed by atoms with Crippen molar-refractivity contribution in [3.63, 3.8) is 0 Å². The predicted molar refractivity (Wildman–Crippen MR) is 103 cm³/mol. The summed E-state index contributed by atoms with van der Waals surface area (Å²) < 4.78 is 11.4. The molecule has 0 bridgehead atoms. The van der Waals surface area contributed by atoms with Crippen molar-refractivity contribution in [2.45, 2.75) is 0 Å². The van der Waals surface area contributed by atoms with Crippen LogP contribution in [0.2, 0.25) is 5.02 Å². The summed E-state index contributed by atoms with van der Waals surface area (Å²) in [6.07, 6.45) is 1.72. The highest BCUT2D eigenvalue weighted by atomic mass is 35.5. The Morgan fingerprint density at radius 3 is 2.58 bits per heavy atom. The van der Waals surface area contributed by atoms with Gasteiger partial charge in [0.2, 0.25) is 0 Å². The Morgan fingerprint density at radius 2 is 1.85 bits per heavy atom. The fourth-order valence-corrected chi connectivity index (χ4v) is 2.79. The number of halogens is 1. The van der Waals surface area contributed by atoms with Crippen molar-refractivity contribution in [3.05, 3.63) is 83.3 Å². The van der Waals surface area contributed by atoms with Crippen LogP contribution in [0.25, 0.3) is 22.3 Å². The van der Waals surface area contributed by atoms with Crippen molar-refractivity contribution in [3.8, 4) is 17.1 Å². The number of hydrogen-bond acceptors (Lipinski definition) is 4. The van der Waals surface area contributed by atoms with E-state index in [4.69, 9.17) is 25.7 Å². The van der Waals surface area contributed by atoms with Crippen LogP contribution < -0.4 is 10.1 Å². The van der Waals surface area contributed by atoms with Crippen LogP contribution in [0, 0.1) is 0 Å². The SMILES string of the molecule is COc1ccc2oc(-c3ccc(Cl)cc3)cc(=Nc3ccccn3)c2c1. The summed E-state index contributed by atoms with van der Waals surface area (Å²) in [7, 11) is 1.63. The molecule has 5 heteroatoms. The smallest absolute Gasteiger partial charge is 0.152 e. The molecule has 4 nitrogen and oxygen atoms in total. The van der Waals surface area contributed by atoms with Gasteiger partial charge in [0, 0.05) is 28.2 Å². The zero-order valence-electron chi connectivity index (χ0n) is 14.0. The molecule has 0 spiro atoms.